The Kier molecular flexibility index (Phi) is 31.4. The first kappa shape index (κ1) is 59.9. The van der Waals surface area contributed by atoms with Crippen molar-refractivity contribution in [3.05, 3.63) is 35.9 Å². The third kappa shape index (κ3) is 25.0. The number of methoxy groups -OCH3 is 1. The van der Waals surface area contributed by atoms with Crippen molar-refractivity contribution in [1.82, 2.24) is 21.3 Å². The zero-order chi connectivity index (χ0) is 50.1. The second kappa shape index (κ2) is 35.1. The quantitative estimate of drug-likeness (QED) is 0.0270. The summed E-state index contributed by atoms with van der Waals surface area (Å²) in [5, 5.41) is 10.2. The molecule has 0 radical (unpaired) electrons. The van der Waals surface area contributed by atoms with Crippen molar-refractivity contribution in [2.75, 3.05) is 13.9 Å². The molecule has 67 heavy (non-hydrogen) atoms. The van der Waals surface area contributed by atoms with E-state index in [1.54, 1.807) is 12.1 Å². The topological polar surface area (TPSA) is 240 Å². The molecule has 1 aromatic rings. The fourth-order valence-corrected chi connectivity index (χ4v) is 6.53. The Labute approximate surface area is 397 Å². The van der Waals surface area contributed by atoms with Crippen LogP contribution in [0.3, 0.4) is 0 Å². The van der Waals surface area contributed by atoms with E-state index in [2.05, 4.69) is 21.3 Å². The molecule has 0 heterocycles. The van der Waals surface area contributed by atoms with E-state index in [-0.39, 0.29) is 32.7 Å². The maximum absolute atomic E-state index is 13.6. The number of amides is 4. The van der Waals surface area contributed by atoms with Gasteiger partial charge in [-0.25, -0.2) is 19.2 Å². The predicted octanol–water partition coefficient (Wildman–Crippen LogP) is 5.79. The first-order valence-corrected chi connectivity index (χ1v) is 24.2. The van der Waals surface area contributed by atoms with Crippen LogP contribution < -0.4 is 21.3 Å². The van der Waals surface area contributed by atoms with Crippen molar-refractivity contribution in [3.63, 3.8) is 0 Å². The lowest BCUT2D eigenvalue weighted by atomic mass is 10.1. The summed E-state index contributed by atoms with van der Waals surface area (Å²) < 4.78 is 32.6. The molecule has 0 fully saturated rings. The van der Waals surface area contributed by atoms with E-state index in [0.717, 1.165) is 56.9 Å². The number of esters is 4. The molecule has 1 aromatic carbocycles. The third-order valence-electron chi connectivity index (χ3n) is 10.7. The molecule has 18 nitrogen and oxygen atoms in total. The lowest BCUT2D eigenvalue weighted by Crippen LogP contribution is -2.51. The van der Waals surface area contributed by atoms with Gasteiger partial charge in [-0.2, -0.15) is 0 Å². The van der Waals surface area contributed by atoms with Crippen LogP contribution in [0.25, 0.3) is 0 Å². The van der Waals surface area contributed by atoms with E-state index in [9.17, 15) is 38.4 Å². The first-order valence-electron chi connectivity index (χ1n) is 24.2. The summed E-state index contributed by atoms with van der Waals surface area (Å²) in [7, 11) is 1.44. The van der Waals surface area contributed by atoms with Crippen LogP contribution in [0.2, 0.25) is 0 Å². The molecule has 0 aliphatic rings. The SMILES string of the molecule is CCCCC[C@H](OCOC)C(=O)N[C@@H](C)C(=O)O[C@H](CCCCC)C(=O)N[C@@H](C)C(=O)O[C@H](CCCCC)C(=O)N[C@@H](C)C(=O)O[C@H](CCCCC)C(=O)N[C@@H](C)C(=O)OCc1ccccc1. The highest BCUT2D eigenvalue weighted by Gasteiger charge is 2.34. The Morgan fingerprint density at radius 2 is 0.761 bits per heavy atom. The molecule has 0 aliphatic heterocycles. The molecule has 380 valence electrons. The molecule has 0 bridgehead atoms. The Hall–Kier alpha value is -5.10. The lowest BCUT2D eigenvalue weighted by Gasteiger charge is -2.25. The molecule has 0 aliphatic carbocycles. The number of carbonyl (C=O) groups excluding carboxylic acids is 8. The van der Waals surface area contributed by atoms with E-state index in [1.807, 2.05) is 45.9 Å². The molecular weight excluding hydrogens is 869 g/mol. The van der Waals surface area contributed by atoms with Gasteiger partial charge in [0.25, 0.3) is 17.7 Å². The summed E-state index contributed by atoms with van der Waals surface area (Å²) in [6, 6.07) is 4.31. The molecule has 8 atom stereocenters. The van der Waals surface area contributed by atoms with Gasteiger partial charge < -0.3 is 49.7 Å². The second-order valence-electron chi connectivity index (χ2n) is 16.8. The van der Waals surface area contributed by atoms with E-state index < -0.39 is 96.1 Å². The zero-order valence-corrected chi connectivity index (χ0v) is 41.4. The Balaban J connectivity index is 3.01. The Morgan fingerprint density at radius 1 is 0.448 bits per heavy atom. The van der Waals surface area contributed by atoms with Gasteiger partial charge in [-0.15, -0.1) is 0 Å². The molecule has 4 amide bonds. The highest BCUT2D eigenvalue weighted by Crippen LogP contribution is 2.15. The summed E-state index contributed by atoms with van der Waals surface area (Å²) in [5.74, 6) is -6.20. The molecule has 4 N–H and O–H groups in total. The predicted molar refractivity (Wildman–Crippen MR) is 250 cm³/mol. The van der Waals surface area contributed by atoms with Crippen molar-refractivity contribution in [2.24, 2.45) is 0 Å². The first-order chi connectivity index (χ1) is 32.0. The minimum Gasteiger partial charge on any atom is -0.459 e. The monoisotopic (exact) mass is 949 g/mol. The van der Waals surface area contributed by atoms with Gasteiger partial charge in [0.05, 0.1) is 0 Å². The average Bonchev–Trinajstić information content (AvgIpc) is 3.30. The summed E-state index contributed by atoms with van der Waals surface area (Å²) in [5.41, 5.74) is 0.773. The van der Waals surface area contributed by atoms with Crippen LogP contribution in [-0.2, 0) is 73.4 Å². The van der Waals surface area contributed by atoms with Crippen LogP contribution in [0.15, 0.2) is 30.3 Å². The van der Waals surface area contributed by atoms with Gasteiger partial charge in [0.2, 0.25) is 5.91 Å². The number of rotatable bonds is 36. The molecular formula is C49H80N4O14. The summed E-state index contributed by atoms with van der Waals surface area (Å²) in [6.07, 6.45) is 4.81. The number of unbranched alkanes of at least 4 members (excludes halogenated alkanes) is 8. The average molecular weight is 949 g/mol. The minimum absolute atomic E-state index is 0.0148. The lowest BCUT2D eigenvalue weighted by molar-refractivity contribution is -0.163. The molecule has 1 rings (SSSR count). The van der Waals surface area contributed by atoms with Crippen LogP contribution in [0, 0.1) is 0 Å². The van der Waals surface area contributed by atoms with Gasteiger partial charge in [0.1, 0.15) is 43.7 Å². The number of hydrogen-bond acceptors (Lipinski definition) is 14. The molecule has 0 saturated carbocycles. The number of carbonyl (C=O) groups is 8. The van der Waals surface area contributed by atoms with Gasteiger partial charge in [-0.1, -0.05) is 116 Å². The smallest absolute Gasteiger partial charge is 0.329 e. The van der Waals surface area contributed by atoms with Gasteiger partial charge in [0.15, 0.2) is 18.3 Å². The van der Waals surface area contributed by atoms with Gasteiger partial charge in [-0.05, 0) is 78.2 Å². The van der Waals surface area contributed by atoms with Crippen LogP contribution in [0.4, 0.5) is 0 Å². The van der Waals surface area contributed by atoms with Crippen LogP contribution in [0.1, 0.15) is 164 Å². The molecule has 0 spiro atoms. The molecule has 0 unspecified atom stereocenters. The van der Waals surface area contributed by atoms with Crippen molar-refractivity contribution in [2.45, 2.75) is 213 Å². The Morgan fingerprint density at radius 3 is 1.09 bits per heavy atom. The summed E-state index contributed by atoms with van der Waals surface area (Å²) >= 11 is 0. The fourth-order valence-electron chi connectivity index (χ4n) is 6.53. The minimum atomic E-state index is -1.36. The van der Waals surface area contributed by atoms with E-state index in [1.165, 1.54) is 34.8 Å². The van der Waals surface area contributed by atoms with E-state index >= 15 is 0 Å². The number of ether oxygens (including phenoxy) is 6. The summed E-state index contributed by atoms with van der Waals surface area (Å²) in [4.78, 5) is 106. The summed E-state index contributed by atoms with van der Waals surface area (Å²) in [6.45, 7) is 13.5. The van der Waals surface area contributed by atoms with Crippen LogP contribution in [0.5, 0.6) is 0 Å². The maximum atomic E-state index is 13.6. The number of nitrogens with one attached hydrogen (secondary N) is 4. The Bertz CT molecular complexity index is 1650. The van der Waals surface area contributed by atoms with Crippen molar-refractivity contribution in [3.8, 4) is 0 Å². The van der Waals surface area contributed by atoms with Gasteiger partial charge >= 0.3 is 23.9 Å². The zero-order valence-electron chi connectivity index (χ0n) is 41.4. The van der Waals surface area contributed by atoms with Crippen molar-refractivity contribution < 1.29 is 66.8 Å². The molecule has 0 saturated heterocycles. The highest BCUT2D eigenvalue weighted by atomic mass is 16.7. The van der Waals surface area contributed by atoms with Crippen molar-refractivity contribution in [1.29, 1.82) is 0 Å². The van der Waals surface area contributed by atoms with Crippen LogP contribution in [-0.4, -0.2) is 110 Å². The third-order valence-corrected chi connectivity index (χ3v) is 10.7. The maximum Gasteiger partial charge on any atom is 0.329 e. The van der Waals surface area contributed by atoms with Crippen LogP contribution >= 0.6 is 0 Å². The van der Waals surface area contributed by atoms with Gasteiger partial charge in [-0.3, -0.25) is 19.2 Å². The highest BCUT2D eigenvalue weighted by molar-refractivity contribution is 5.93. The van der Waals surface area contributed by atoms with Gasteiger partial charge in [0, 0.05) is 7.11 Å². The van der Waals surface area contributed by atoms with Crippen molar-refractivity contribution >= 4 is 47.5 Å². The number of benzene rings is 1. The number of hydrogen-bond donors (Lipinski definition) is 4. The standard InChI is InChI=1S/C49H80N4O14/c1-10-14-19-27-38(64-32-62-9)42(54)51-34(6)47(59)66-40(29-21-16-12-3)44(56)53-36(8)49(61)67-41(30-22-17-13-4)45(57)52-35(7)48(60)65-39(28-20-15-11-2)43(55)50-33(5)46(58)63-31-37-25-23-18-24-26-37/h18,23-26,33-36,38-41H,10-17,19-22,27-32H2,1-9H3,(H,50,55)(H,51,54)(H,52,57)(H,53,56)/t33-,34-,35-,36-,38-,39+,40+,41+/m0/s1. The second-order valence-corrected chi connectivity index (χ2v) is 16.8. The molecule has 0 aromatic heterocycles. The normalized spacial score (nSPS) is 14.6. The fraction of sp³-hybridized carbons (Fsp3) is 0.714. The largest absolute Gasteiger partial charge is 0.459 e. The molecule has 18 heteroatoms. The van der Waals surface area contributed by atoms with E-state index in [4.69, 9.17) is 28.4 Å². The van der Waals surface area contributed by atoms with E-state index in [0.29, 0.717) is 32.1 Å².